The summed E-state index contributed by atoms with van der Waals surface area (Å²) in [5.74, 6) is 1.61. The number of aryl methyl sites for hydroxylation is 1. The van der Waals surface area contributed by atoms with Gasteiger partial charge in [-0.3, -0.25) is 4.79 Å². The molecule has 4 nitrogen and oxygen atoms in total. The van der Waals surface area contributed by atoms with Crippen LogP contribution in [0, 0.1) is 5.92 Å². The molecule has 1 aromatic carbocycles. The Labute approximate surface area is 168 Å². The molecule has 0 aliphatic heterocycles. The van der Waals surface area contributed by atoms with Gasteiger partial charge in [0, 0.05) is 14.9 Å². The summed E-state index contributed by atoms with van der Waals surface area (Å²) in [6.45, 7) is 2.29. The van der Waals surface area contributed by atoms with Gasteiger partial charge in [-0.2, -0.15) is 0 Å². The van der Waals surface area contributed by atoms with Crippen molar-refractivity contribution >= 4 is 60.8 Å². The topological polar surface area (TPSA) is 68.9 Å². The number of fused-ring (bicyclic) bond motifs is 3. The maximum absolute atomic E-state index is 12.4. The number of nitrogens with zero attached hydrogens (tertiary/aromatic N) is 2. The van der Waals surface area contributed by atoms with E-state index in [-0.39, 0.29) is 5.78 Å². The van der Waals surface area contributed by atoms with Crippen LogP contribution in [0.25, 0.3) is 10.2 Å². The molecule has 2 N–H and O–H groups in total. The molecule has 1 aliphatic carbocycles. The number of thioether (sulfide) groups is 1. The van der Waals surface area contributed by atoms with Gasteiger partial charge in [-0.25, -0.2) is 9.97 Å². The first-order valence-electron chi connectivity index (χ1n) is 8.50. The molecule has 2 aromatic heterocycles. The first kappa shape index (κ1) is 17.9. The van der Waals surface area contributed by atoms with Crippen molar-refractivity contribution in [2.24, 2.45) is 5.92 Å². The average molecular weight is 448 g/mol. The number of hydrogen-bond acceptors (Lipinski definition) is 6. The Kier molecular flexibility index (Phi) is 5.03. The van der Waals surface area contributed by atoms with Crippen LogP contribution >= 0.6 is 39.0 Å². The number of anilines is 1. The number of aromatic nitrogens is 2. The van der Waals surface area contributed by atoms with Crippen molar-refractivity contribution in [3.05, 3.63) is 44.7 Å². The fourth-order valence-corrected chi connectivity index (χ4v) is 5.72. The number of hydrogen-bond donors (Lipinski definition) is 1. The maximum atomic E-state index is 12.4. The summed E-state index contributed by atoms with van der Waals surface area (Å²) in [5, 5.41) is 1.60. The van der Waals surface area contributed by atoms with E-state index in [2.05, 4.69) is 32.8 Å². The molecule has 0 amide bonds. The van der Waals surface area contributed by atoms with Gasteiger partial charge in [0.1, 0.15) is 10.6 Å². The molecule has 0 fully saturated rings. The van der Waals surface area contributed by atoms with Crippen molar-refractivity contribution in [3.8, 4) is 0 Å². The predicted octanol–water partition coefficient (Wildman–Crippen LogP) is 5.14. The zero-order valence-corrected chi connectivity index (χ0v) is 17.5. The molecule has 2 heterocycles. The van der Waals surface area contributed by atoms with Crippen molar-refractivity contribution in [2.45, 2.75) is 31.3 Å². The number of nitrogen functional groups attached to an aromatic ring is 1. The molecular formula is C19H18BrN3OS2. The molecule has 1 atom stereocenters. The van der Waals surface area contributed by atoms with Crippen molar-refractivity contribution in [1.82, 2.24) is 9.97 Å². The van der Waals surface area contributed by atoms with Gasteiger partial charge in [0.05, 0.1) is 11.1 Å². The van der Waals surface area contributed by atoms with E-state index in [1.807, 2.05) is 24.3 Å². The van der Waals surface area contributed by atoms with Crippen LogP contribution in [0.4, 0.5) is 5.82 Å². The van der Waals surface area contributed by atoms with Gasteiger partial charge in [0.15, 0.2) is 10.9 Å². The van der Waals surface area contributed by atoms with E-state index in [4.69, 9.17) is 5.73 Å². The minimum atomic E-state index is 0.0593. The monoisotopic (exact) mass is 447 g/mol. The average Bonchev–Trinajstić information content (AvgIpc) is 2.98. The van der Waals surface area contributed by atoms with Crippen LogP contribution in [0.2, 0.25) is 0 Å². The van der Waals surface area contributed by atoms with Gasteiger partial charge in [0.2, 0.25) is 0 Å². The molecule has 26 heavy (non-hydrogen) atoms. The van der Waals surface area contributed by atoms with E-state index in [9.17, 15) is 4.79 Å². The second-order valence-corrected chi connectivity index (χ2v) is 9.58. The standard InChI is InChI=1S/C19H18BrN3OS2/c1-10-2-7-13-15(8-10)26-18-16(13)17(21)22-19(23-18)25-9-14(24)11-3-5-12(20)6-4-11/h3-6,10H,2,7-9H2,1H3,(H2,21,22,23). The Balaban J connectivity index is 1.56. The summed E-state index contributed by atoms with van der Waals surface area (Å²) in [6, 6.07) is 7.38. The Hall–Kier alpha value is -1.44. The highest BCUT2D eigenvalue weighted by atomic mass is 79.9. The zero-order valence-electron chi connectivity index (χ0n) is 14.3. The molecule has 0 saturated heterocycles. The van der Waals surface area contributed by atoms with Crippen LogP contribution in [-0.2, 0) is 12.8 Å². The molecule has 1 unspecified atom stereocenters. The molecule has 1 aliphatic rings. The van der Waals surface area contributed by atoms with Gasteiger partial charge < -0.3 is 5.73 Å². The number of halogens is 1. The number of ketones is 1. The number of carbonyl (C=O) groups is 1. The van der Waals surface area contributed by atoms with Crippen LogP contribution in [0.3, 0.4) is 0 Å². The number of carbonyl (C=O) groups excluding carboxylic acids is 1. The van der Waals surface area contributed by atoms with Crippen molar-refractivity contribution < 1.29 is 4.79 Å². The van der Waals surface area contributed by atoms with E-state index in [1.54, 1.807) is 11.3 Å². The largest absolute Gasteiger partial charge is 0.383 e. The van der Waals surface area contributed by atoms with E-state index in [1.165, 1.54) is 28.6 Å². The van der Waals surface area contributed by atoms with Crippen molar-refractivity contribution in [2.75, 3.05) is 11.5 Å². The summed E-state index contributed by atoms with van der Waals surface area (Å²) >= 11 is 6.46. The van der Waals surface area contributed by atoms with Crippen molar-refractivity contribution in [3.63, 3.8) is 0 Å². The molecule has 0 spiro atoms. The zero-order chi connectivity index (χ0) is 18.3. The van der Waals surface area contributed by atoms with Crippen LogP contribution in [0.1, 0.15) is 34.1 Å². The predicted molar refractivity (Wildman–Crippen MR) is 112 cm³/mol. The van der Waals surface area contributed by atoms with E-state index in [0.29, 0.717) is 28.2 Å². The van der Waals surface area contributed by atoms with E-state index in [0.717, 1.165) is 27.5 Å². The van der Waals surface area contributed by atoms with Crippen LogP contribution in [-0.4, -0.2) is 21.5 Å². The SMILES string of the molecule is CC1CCc2c(sc3nc(SCC(=O)c4ccc(Br)cc4)nc(N)c23)C1. The first-order chi connectivity index (χ1) is 12.5. The van der Waals surface area contributed by atoms with Crippen molar-refractivity contribution in [1.29, 1.82) is 0 Å². The summed E-state index contributed by atoms with van der Waals surface area (Å²) in [5.41, 5.74) is 8.27. The van der Waals surface area contributed by atoms with Gasteiger partial charge in [-0.15, -0.1) is 11.3 Å². The minimum Gasteiger partial charge on any atom is -0.383 e. The Morgan fingerprint density at radius 3 is 2.88 bits per heavy atom. The quantitative estimate of drug-likeness (QED) is 0.340. The summed E-state index contributed by atoms with van der Waals surface area (Å²) in [7, 11) is 0. The van der Waals surface area contributed by atoms with Crippen LogP contribution in [0.15, 0.2) is 33.9 Å². The lowest BCUT2D eigenvalue weighted by Crippen LogP contribution is -2.09. The van der Waals surface area contributed by atoms with Crippen LogP contribution < -0.4 is 5.73 Å². The highest BCUT2D eigenvalue weighted by Gasteiger charge is 2.23. The number of thiophene rings is 1. The summed E-state index contributed by atoms with van der Waals surface area (Å²) < 4.78 is 0.958. The Morgan fingerprint density at radius 1 is 1.35 bits per heavy atom. The molecule has 0 saturated carbocycles. The van der Waals surface area contributed by atoms with Gasteiger partial charge >= 0.3 is 0 Å². The lowest BCUT2D eigenvalue weighted by atomic mass is 9.89. The Morgan fingerprint density at radius 2 is 2.12 bits per heavy atom. The molecule has 7 heteroatoms. The third-order valence-electron chi connectivity index (χ3n) is 4.66. The van der Waals surface area contributed by atoms with E-state index < -0.39 is 0 Å². The van der Waals surface area contributed by atoms with E-state index >= 15 is 0 Å². The van der Waals surface area contributed by atoms with Gasteiger partial charge in [-0.05, 0) is 42.9 Å². The van der Waals surface area contributed by atoms with Gasteiger partial charge in [-0.1, -0.05) is 46.7 Å². The molecular weight excluding hydrogens is 430 g/mol. The number of Topliss-reactive ketones (excluding diaryl/α,β-unsaturated/α-hetero) is 1. The minimum absolute atomic E-state index is 0.0593. The second kappa shape index (κ2) is 7.29. The third kappa shape index (κ3) is 3.52. The number of benzene rings is 1. The molecule has 0 bridgehead atoms. The highest BCUT2D eigenvalue weighted by molar-refractivity contribution is 9.10. The maximum Gasteiger partial charge on any atom is 0.191 e. The fourth-order valence-electron chi connectivity index (χ4n) is 3.26. The lowest BCUT2D eigenvalue weighted by molar-refractivity contribution is 0.102. The molecule has 4 rings (SSSR count). The fraction of sp³-hybridized carbons (Fsp3) is 0.316. The molecule has 0 radical (unpaired) electrons. The smallest absolute Gasteiger partial charge is 0.191 e. The lowest BCUT2D eigenvalue weighted by Gasteiger charge is -2.17. The summed E-state index contributed by atoms with van der Waals surface area (Å²) in [4.78, 5) is 23.8. The summed E-state index contributed by atoms with van der Waals surface area (Å²) in [6.07, 6.45) is 3.34. The highest BCUT2D eigenvalue weighted by Crippen LogP contribution is 2.39. The second-order valence-electron chi connectivity index (χ2n) is 6.64. The Bertz CT molecular complexity index is 985. The normalized spacial score (nSPS) is 16.6. The molecule has 134 valence electrons. The van der Waals surface area contributed by atoms with Gasteiger partial charge in [0.25, 0.3) is 0 Å². The van der Waals surface area contributed by atoms with Crippen LogP contribution in [0.5, 0.6) is 0 Å². The number of nitrogens with two attached hydrogens (primary N) is 1. The number of rotatable bonds is 4. The first-order valence-corrected chi connectivity index (χ1v) is 11.1. The molecule has 3 aromatic rings. The third-order valence-corrected chi connectivity index (χ3v) is 7.19.